The number of aromatic nitrogens is 2. The van der Waals surface area contributed by atoms with E-state index < -0.39 is 73.6 Å². The quantitative estimate of drug-likeness (QED) is 0.223. The van der Waals surface area contributed by atoms with Crippen molar-refractivity contribution in [1.29, 1.82) is 0 Å². The van der Waals surface area contributed by atoms with E-state index in [0.29, 0.717) is 24.6 Å². The lowest BCUT2D eigenvalue weighted by Crippen LogP contribution is -2.51. The number of hydrogen-bond donors (Lipinski definition) is 5. The molecule has 1 aliphatic rings. The average molecular weight is 651 g/mol. The Morgan fingerprint density at radius 2 is 1.83 bits per heavy atom. The molecular weight excluding hydrogens is 628 g/mol. The van der Waals surface area contributed by atoms with Crippen LogP contribution >= 0.6 is 27.7 Å². The van der Waals surface area contributed by atoms with Crippen LogP contribution in [0.25, 0.3) is 16.7 Å². The van der Waals surface area contributed by atoms with Crippen molar-refractivity contribution in [3.63, 3.8) is 0 Å². The third kappa shape index (κ3) is 5.53. The number of aromatic carboxylic acids is 1. The van der Waals surface area contributed by atoms with Crippen LogP contribution < -0.4 is 15.6 Å². The number of pyridine rings is 2. The number of fused-ring (bicyclic) bond motifs is 1. The molecule has 42 heavy (non-hydrogen) atoms. The first-order chi connectivity index (χ1) is 19.6. The number of amides is 1. The standard InChI is InChI=1S/C23H23ClF2N4O10P2/c1-3-9-4-11-17(15(24)16(9)29-6-10(31)7-29)30(8-12(18(11)32)21(33)34)20-14(26)5-13(25)19(27-20)28-22(35)40-23(2,41(36)37)42(38)39/h4-5,8,10,31,41-42H,3,6-7H2,1-2H3,(H,33,34)(H,36,37)(H,38,39)(H,27,28,35). The molecule has 1 aromatic carbocycles. The van der Waals surface area contributed by atoms with E-state index in [1.807, 2.05) is 0 Å². The summed E-state index contributed by atoms with van der Waals surface area (Å²) in [6.45, 7) is 2.83. The van der Waals surface area contributed by atoms with Crippen molar-refractivity contribution in [3.8, 4) is 5.82 Å². The van der Waals surface area contributed by atoms with Crippen LogP contribution in [-0.2, 0) is 20.3 Å². The second kappa shape index (κ2) is 11.7. The van der Waals surface area contributed by atoms with Crippen LogP contribution in [0.15, 0.2) is 23.1 Å². The number of benzene rings is 1. The summed E-state index contributed by atoms with van der Waals surface area (Å²) in [5.41, 5.74) is -1.07. The maximum atomic E-state index is 15.2. The number of carboxylic acid groups (broad SMARTS) is 1. The smallest absolute Gasteiger partial charge is 0.414 e. The van der Waals surface area contributed by atoms with Crippen molar-refractivity contribution < 1.29 is 52.2 Å². The first-order valence-electron chi connectivity index (χ1n) is 12.0. The van der Waals surface area contributed by atoms with Gasteiger partial charge in [0.25, 0.3) is 5.08 Å². The zero-order valence-electron chi connectivity index (χ0n) is 21.6. The minimum Gasteiger partial charge on any atom is -0.477 e. The van der Waals surface area contributed by atoms with Crippen LogP contribution in [0.1, 0.15) is 29.8 Å². The molecule has 226 valence electrons. The summed E-state index contributed by atoms with van der Waals surface area (Å²) in [5, 5.41) is 18.2. The minimum absolute atomic E-state index is 0.123. The van der Waals surface area contributed by atoms with Crippen molar-refractivity contribution in [3.05, 3.63) is 56.3 Å². The fourth-order valence-corrected chi connectivity index (χ4v) is 5.78. The Balaban J connectivity index is 1.94. The first kappa shape index (κ1) is 31.5. The van der Waals surface area contributed by atoms with Crippen LogP contribution in [0, 0.1) is 11.6 Å². The second-order valence-electron chi connectivity index (χ2n) is 9.34. The van der Waals surface area contributed by atoms with E-state index in [9.17, 15) is 47.9 Å². The summed E-state index contributed by atoms with van der Waals surface area (Å²) < 4.78 is 58.4. The van der Waals surface area contributed by atoms with Gasteiger partial charge in [0.15, 0.2) is 23.3 Å². The maximum absolute atomic E-state index is 15.2. The van der Waals surface area contributed by atoms with Gasteiger partial charge in [-0.15, -0.1) is 0 Å². The molecule has 0 saturated carbocycles. The summed E-state index contributed by atoms with van der Waals surface area (Å²) in [6, 6.07) is 1.64. The van der Waals surface area contributed by atoms with Gasteiger partial charge in [-0.2, -0.15) is 0 Å². The fraction of sp³-hybridized carbons (Fsp3) is 0.304. The van der Waals surface area contributed by atoms with Gasteiger partial charge in [0.2, 0.25) is 21.5 Å². The van der Waals surface area contributed by atoms with Crippen molar-refractivity contribution in [1.82, 2.24) is 9.55 Å². The number of carbonyl (C=O) groups excluding carboxylic acids is 1. The molecule has 14 nitrogen and oxygen atoms in total. The number of rotatable bonds is 8. The number of carboxylic acids is 1. The molecule has 19 heteroatoms. The lowest BCUT2D eigenvalue weighted by molar-refractivity contribution is 0.0695. The predicted molar refractivity (Wildman–Crippen MR) is 148 cm³/mol. The molecular formula is C23H23ClF2N4O10P2. The zero-order chi connectivity index (χ0) is 31.3. The Labute approximate surface area is 240 Å². The monoisotopic (exact) mass is 650 g/mol. The zero-order valence-corrected chi connectivity index (χ0v) is 24.4. The normalized spacial score (nSPS) is 16.4. The number of hydrogen-bond acceptors (Lipinski definition) is 9. The highest BCUT2D eigenvalue weighted by molar-refractivity contribution is 7.59. The first-order valence-corrected chi connectivity index (χ1v) is 15.1. The number of halogens is 3. The van der Waals surface area contributed by atoms with Crippen LogP contribution in [0.5, 0.6) is 0 Å². The number of aliphatic hydroxyl groups is 1. The molecule has 0 radical (unpaired) electrons. The SMILES string of the molecule is CCc1cc2c(=O)c(C(=O)O)cn(-c3nc(NC(=O)OC(C)([PH](=O)O)[PH](=O)O)c(F)cc3F)c2c(Cl)c1N1CC(O)C1. The highest BCUT2D eigenvalue weighted by Crippen LogP contribution is 2.52. The largest absolute Gasteiger partial charge is 0.477 e. The second-order valence-corrected chi connectivity index (χ2v) is 13.3. The van der Waals surface area contributed by atoms with Crippen LogP contribution in [0.4, 0.5) is 25.1 Å². The number of ether oxygens (including phenoxy) is 1. The van der Waals surface area contributed by atoms with E-state index in [2.05, 4.69) is 9.72 Å². The van der Waals surface area contributed by atoms with E-state index in [0.717, 1.165) is 10.8 Å². The topological polar surface area (TPSA) is 209 Å². The van der Waals surface area contributed by atoms with E-state index in [4.69, 9.17) is 11.6 Å². The van der Waals surface area contributed by atoms with Gasteiger partial charge in [0, 0.05) is 30.7 Å². The third-order valence-corrected chi connectivity index (χ3v) is 10.0. The highest BCUT2D eigenvalue weighted by Gasteiger charge is 2.41. The number of β-amino-alcohol motifs (C(OH)–C–C–N with tert-alkyl or cyclic N) is 1. The lowest BCUT2D eigenvalue weighted by Gasteiger charge is -2.39. The summed E-state index contributed by atoms with van der Waals surface area (Å²) in [4.78, 5) is 61.6. The van der Waals surface area contributed by atoms with E-state index in [-0.39, 0.29) is 35.1 Å². The highest BCUT2D eigenvalue weighted by atomic mass is 35.5. The van der Waals surface area contributed by atoms with Gasteiger partial charge in [-0.3, -0.25) is 23.8 Å². The summed E-state index contributed by atoms with van der Waals surface area (Å²) in [5.74, 6) is -6.38. The number of aliphatic hydroxyl groups excluding tert-OH is 1. The fourth-order valence-electron chi connectivity index (χ4n) is 4.26. The molecule has 0 aliphatic carbocycles. The van der Waals surface area contributed by atoms with Crippen molar-refractivity contribution in [2.45, 2.75) is 31.5 Å². The molecule has 0 bridgehead atoms. The van der Waals surface area contributed by atoms with Gasteiger partial charge in [0.05, 0.1) is 22.3 Å². The molecule has 0 spiro atoms. The van der Waals surface area contributed by atoms with E-state index in [1.165, 1.54) is 6.07 Å². The summed E-state index contributed by atoms with van der Waals surface area (Å²) in [6.07, 6.45) is -1.29. The van der Waals surface area contributed by atoms with E-state index >= 15 is 4.39 Å². The van der Waals surface area contributed by atoms with Gasteiger partial charge in [0.1, 0.15) is 5.56 Å². The number of nitrogens with one attached hydrogen (secondary N) is 1. The number of carbonyl (C=O) groups is 2. The molecule has 3 heterocycles. The molecule has 1 aliphatic heterocycles. The summed E-state index contributed by atoms with van der Waals surface area (Å²) >= 11 is 6.73. The number of nitrogens with zero attached hydrogens (tertiary/aromatic N) is 3. The number of aryl methyl sites for hydroxylation is 1. The van der Waals surface area contributed by atoms with Gasteiger partial charge in [-0.05, 0) is 25.0 Å². The van der Waals surface area contributed by atoms with Gasteiger partial charge in [-0.25, -0.2) is 23.4 Å². The van der Waals surface area contributed by atoms with Gasteiger partial charge in [-0.1, -0.05) is 18.5 Å². The molecule has 1 amide bonds. The Morgan fingerprint density at radius 3 is 2.36 bits per heavy atom. The number of anilines is 2. The van der Waals surface area contributed by atoms with Gasteiger partial charge < -0.3 is 29.6 Å². The van der Waals surface area contributed by atoms with E-state index in [1.54, 1.807) is 17.1 Å². The van der Waals surface area contributed by atoms with Crippen LogP contribution in [0.3, 0.4) is 0 Å². The molecule has 1 saturated heterocycles. The molecule has 1 fully saturated rings. The van der Waals surface area contributed by atoms with Crippen molar-refractivity contribution in [2.75, 3.05) is 23.3 Å². The molecule has 5 N–H and O–H groups in total. The lowest BCUT2D eigenvalue weighted by atomic mass is 10.0. The van der Waals surface area contributed by atoms with Gasteiger partial charge >= 0.3 is 12.1 Å². The van der Waals surface area contributed by atoms with Crippen LogP contribution in [-0.4, -0.2) is 65.9 Å². The van der Waals surface area contributed by atoms with Crippen molar-refractivity contribution in [2.24, 2.45) is 0 Å². The van der Waals surface area contributed by atoms with Crippen molar-refractivity contribution >= 4 is 62.1 Å². The Kier molecular flexibility index (Phi) is 8.79. The maximum Gasteiger partial charge on any atom is 0.414 e. The Morgan fingerprint density at radius 1 is 1.21 bits per heavy atom. The molecule has 2 unspecified atom stereocenters. The third-order valence-electron chi connectivity index (χ3n) is 6.54. The molecule has 3 aromatic rings. The molecule has 2 aromatic heterocycles. The van der Waals surface area contributed by atoms with Crippen LogP contribution in [0.2, 0.25) is 5.02 Å². The minimum atomic E-state index is -3.94. The molecule has 2 atom stereocenters. The summed E-state index contributed by atoms with van der Waals surface area (Å²) in [7, 11) is -7.87. The molecule has 4 rings (SSSR count). The average Bonchev–Trinajstić information content (AvgIpc) is 2.88. The Bertz CT molecular complexity index is 1730. The Hall–Kier alpha value is -3.39. The predicted octanol–water partition coefficient (Wildman–Crippen LogP) is 2.92.